The number of rotatable bonds is 1. The molecule has 26 heavy (non-hydrogen) atoms. The normalized spacial score (nSPS) is 14.7. The Morgan fingerprint density at radius 1 is 0.692 bits per heavy atom. The lowest BCUT2D eigenvalue weighted by molar-refractivity contribution is 1.36. The Labute approximate surface area is 153 Å². The van der Waals surface area contributed by atoms with Gasteiger partial charge in [-0.15, -0.1) is 0 Å². The van der Waals surface area contributed by atoms with Crippen molar-refractivity contribution in [3.63, 3.8) is 0 Å². The van der Waals surface area contributed by atoms with Crippen molar-refractivity contribution in [2.45, 2.75) is 0 Å². The molecule has 0 aliphatic carbocycles. The Morgan fingerprint density at radius 3 is 2.31 bits per heavy atom. The monoisotopic (exact) mass is 332 g/mol. The molecule has 0 fully saturated rings. The fraction of sp³-hybridized carbons (Fsp3) is 0. The number of allylic oxidation sites excluding steroid dienone is 2. The lowest BCUT2D eigenvalue weighted by Gasteiger charge is -2.33. The van der Waals surface area contributed by atoms with Crippen LogP contribution in [-0.2, 0) is 0 Å². The molecule has 0 amide bonds. The maximum Gasteiger partial charge on any atom is 0.341 e. The maximum absolute atomic E-state index is 5.14. The lowest BCUT2D eigenvalue weighted by Crippen LogP contribution is -2.43. The van der Waals surface area contributed by atoms with Gasteiger partial charge in [-0.25, -0.2) is 0 Å². The second kappa shape index (κ2) is 6.19. The van der Waals surface area contributed by atoms with E-state index in [1.54, 1.807) is 0 Å². The Morgan fingerprint density at radius 2 is 1.42 bits per heavy atom. The van der Waals surface area contributed by atoms with Gasteiger partial charge in [0.15, 0.2) is 0 Å². The molecule has 0 saturated carbocycles. The summed E-state index contributed by atoms with van der Waals surface area (Å²) in [6, 6.07) is 27.4. The molecule has 122 valence electrons. The Balaban J connectivity index is 1.83. The second-order valence-corrected chi connectivity index (χ2v) is 6.48. The van der Waals surface area contributed by atoms with Gasteiger partial charge in [-0.1, -0.05) is 78.8 Å². The van der Waals surface area contributed by atoms with Gasteiger partial charge < -0.3 is 4.81 Å². The number of para-hydroxylation sites is 2. The summed E-state index contributed by atoms with van der Waals surface area (Å²) in [6.07, 6.45) is 6.34. The summed E-state index contributed by atoms with van der Waals surface area (Å²) in [7, 11) is 0. The molecule has 2 heterocycles. The van der Waals surface area contributed by atoms with Crippen molar-refractivity contribution >= 4 is 23.8 Å². The zero-order valence-corrected chi connectivity index (χ0v) is 14.3. The van der Waals surface area contributed by atoms with Crippen molar-refractivity contribution in [3.05, 3.63) is 109 Å². The molecular formula is C23H17BN2. The molecule has 3 aromatic rings. The number of benzene rings is 3. The third-order valence-corrected chi connectivity index (χ3v) is 4.92. The highest BCUT2D eigenvalue weighted by atomic mass is 15.1. The Kier molecular flexibility index (Phi) is 3.57. The van der Waals surface area contributed by atoms with Crippen LogP contribution in [-0.4, -0.2) is 12.5 Å². The van der Waals surface area contributed by atoms with Crippen LogP contribution >= 0.6 is 0 Å². The first-order valence-corrected chi connectivity index (χ1v) is 8.87. The summed E-state index contributed by atoms with van der Waals surface area (Å²) >= 11 is 0. The van der Waals surface area contributed by atoms with Gasteiger partial charge in [-0.3, -0.25) is 4.99 Å². The van der Waals surface area contributed by atoms with Crippen LogP contribution in [0.25, 0.3) is 11.1 Å². The molecule has 0 saturated heterocycles. The van der Waals surface area contributed by atoms with Gasteiger partial charge in [0.05, 0.1) is 5.69 Å². The molecule has 0 aromatic heterocycles. The van der Waals surface area contributed by atoms with Gasteiger partial charge in [0, 0.05) is 22.4 Å². The summed E-state index contributed by atoms with van der Waals surface area (Å²) in [4.78, 5) is 7.46. The number of hydrogen-bond acceptors (Lipinski definition) is 2. The highest BCUT2D eigenvalue weighted by molar-refractivity contribution is 7.00. The predicted molar refractivity (Wildman–Crippen MR) is 111 cm³/mol. The van der Waals surface area contributed by atoms with E-state index in [-0.39, 0.29) is 6.85 Å². The molecule has 2 nitrogen and oxygen atoms in total. The van der Waals surface area contributed by atoms with E-state index < -0.39 is 0 Å². The van der Waals surface area contributed by atoms with Crippen LogP contribution in [0.2, 0.25) is 0 Å². The number of nitrogens with zero attached hydrogens (tertiary/aromatic N) is 2. The van der Waals surface area contributed by atoms with Gasteiger partial charge in [-0.2, -0.15) is 0 Å². The molecule has 0 unspecified atom stereocenters. The van der Waals surface area contributed by atoms with Crippen LogP contribution < -0.4 is 4.81 Å². The van der Waals surface area contributed by atoms with Crippen molar-refractivity contribution in [1.82, 2.24) is 0 Å². The van der Waals surface area contributed by atoms with Crippen molar-refractivity contribution < 1.29 is 0 Å². The number of fused-ring (bicyclic) bond motifs is 5. The first-order valence-electron chi connectivity index (χ1n) is 8.87. The Bertz CT molecular complexity index is 1050. The molecule has 0 atom stereocenters. The first kappa shape index (κ1) is 15.0. The van der Waals surface area contributed by atoms with Gasteiger partial charge in [-0.05, 0) is 30.0 Å². The average Bonchev–Trinajstić information content (AvgIpc) is 2.72. The topological polar surface area (TPSA) is 15.6 Å². The fourth-order valence-electron chi connectivity index (χ4n) is 3.72. The van der Waals surface area contributed by atoms with E-state index >= 15 is 0 Å². The van der Waals surface area contributed by atoms with Crippen LogP contribution in [0.5, 0.6) is 0 Å². The number of anilines is 1. The molecule has 2 aliphatic heterocycles. The molecule has 0 bridgehead atoms. The molecule has 0 spiro atoms. The van der Waals surface area contributed by atoms with Gasteiger partial charge in [0.25, 0.3) is 0 Å². The maximum atomic E-state index is 5.14. The summed E-state index contributed by atoms with van der Waals surface area (Å²) in [5.41, 5.74) is 6.81. The quantitative estimate of drug-likeness (QED) is 0.541. The molecule has 2 aliphatic rings. The van der Waals surface area contributed by atoms with Crippen LogP contribution in [0.4, 0.5) is 11.4 Å². The van der Waals surface area contributed by atoms with Gasteiger partial charge >= 0.3 is 6.85 Å². The van der Waals surface area contributed by atoms with Crippen molar-refractivity contribution in [1.29, 1.82) is 0 Å². The number of aliphatic imine (C=N–C) groups is 1. The molecular weight excluding hydrogens is 315 g/mol. The van der Waals surface area contributed by atoms with Crippen LogP contribution in [0.15, 0.2) is 108 Å². The van der Waals surface area contributed by atoms with Gasteiger partial charge in [0.1, 0.15) is 0 Å². The molecule has 0 N–H and O–H groups in total. The summed E-state index contributed by atoms with van der Waals surface area (Å²) in [5.74, 6) is 2.22. The largest absolute Gasteiger partial charge is 0.382 e. The van der Waals surface area contributed by atoms with Gasteiger partial charge in [0.2, 0.25) is 0 Å². The van der Waals surface area contributed by atoms with Crippen LogP contribution in [0.1, 0.15) is 5.56 Å². The van der Waals surface area contributed by atoms with E-state index in [0.717, 1.165) is 22.4 Å². The standard InChI is InChI=1S/C23H17BN2/c1-2-10-18(11-3-1)23-24-16-8-9-17-26(24)22-15-7-5-13-20(22)19-12-4-6-14-21(19)25-23/h1-17H. The van der Waals surface area contributed by atoms with E-state index in [0.29, 0.717) is 0 Å². The SMILES string of the molecule is C1=CB2C(c3ccccc3)=Nc3ccccc3-c3ccccc3N2C=C1. The smallest absolute Gasteiger partial charge is 0.341 e. The molecule has 3 aromatic carbocycles. The van der Waals surface area contributed by atoms with Crippen molar-refractivity contribution in [2.75, 3.05) is 4.81 Å². The average molecular weight is 332 g/mol. The van der Waals surface area contributed by atoms with E-state index in [1.807, 2.05) is 6.07 Å². The summed E-state index contributed by atoms with van der Waals surface area (Å²) < 4.78 is 0. The fourth-order valence-corrected chi connectivity index (χ4v) is 3.72. The third-order valence-electron chi connectivity index (χ3n) is 4.92. The van der Waals surface area contributed by atoms with Crippen molar-refractivity contribution in [2.24, 2.45) is 4.99 Å². The van der Waals surface area contributed by atoms with Crippen LogP contribution in [0, 0.1) is 0 Å². The Hall–Kier alpha value is -3.33. The van der Waals surface area contributed by atoms with Crippen molar-refractivity contribution in [3.8, 4) is 11.1 Å². The molecule has 0 radical (unpaired) electrons. The lowest BCUT2D eigenvalue weighted by atomic mass is 9.52. The first-order chi connectivity index (χ1) is 12.9. The highest BCUT2D eigenvalue weighted by Gasteiger charge is 2.31. The van der Waals surface area contributed by atoms with E-state index in [9.17, 15) is 0 Å². The minimum atomic E-state index is 0.0666. The van der Waals surface area contributed by atoms with E-state index in [1.165, 1.54) is 11.3 Å². The summed E-state index contributed by atoms with van der Waals surface area (Å²) in [6.45, 7) is 0.0666. The molecule has 5 rings (SSSR count). The predicted octanol–water partition coefficient (Wildman–Crippen LogP) is 5.45. The van der Waals surface area contributed by atoms with E-state index in [2.05, 4.69) is 102 Å². The minimum Gasteiger partial charge on any atom is -0.382 e. The van der Waals surface area contributed by atoms with E-state index in [4.69, 9.17) is 4.99 Å². The highest BCUT2D eigenvalue weighted by Crippen LogP contribution is 2.40. The van der Waals surface area contributed by atoms with Crippen LogP contribution in [0.3, 0.4) is 0 Å². The summed E-state index contributed by atoms with van der Waals surface area (Å²) in [5, 5.41) is 0. The molecule has 3 heteroatoms. The minimum absolute atomic E-state index is 0.0666. The number of hydrogen-bond donors (Lipinski definition) is 0. The zero-order valence-electron chi connectivity index (χ0n) is 14.3. The zero-order chi connectivity index (χ0) is 17.3. The third kappa shape index (κ3) is 2.41. The second-order valence-electron chi connectivity index (χ2n) is 6.48.